The first-order valence-electron chi connectivity index (χ1n) is 10.9. The van der Waals surface area contributed by atoms with Gasteiger partial charge in [-0.2, -0.15) is 5.26 Å². The van der Waals surface area contributed by atoms with Crippen LogP contribution in [0.15, 0.2) is 48.0 Å². The minimum absolute atomic E-state index is 0.0711. The third kappa shape index (κ3) is 7.19. The first-order valence-corrected chi connectivity index (χ1v) is 11.7. The Bertz CT molecular complexity index is 1220. The van der Waals surface area contributed by atoms with Crippen LogP contribution in [-0.2, 0) is 11.2 Å². The number of para-hydroxylation sites is 2. The number of amides is 1. The van der Waals surface area contributed by atoms with Crippen molar-refractivity contribution in [2.45, 2.75) is 19.8 Å². The highest BCUT2D eigenvalue weighted by atomic mass is 32.1. The van der Waals surface area contributed by atoms with E-state index in [1.165, 1.54) is 24.5 Å². The standard InChI is InChI=1S/C25H26N4O5S/c1-4-7-23-28-29-25(35-23)27-24(30)18(16-26)14-17-10-11-21(22(15-17)32-3)34-13-12-33-20-9-6-5-8-19(20)31-2/h5-6,8-11,14-15H,4,7,12-13H2,1-3H3,(H,27,29,30)/b18-14-. The molecule has 1 heterocycles. The number of ether oxygens (including phenoxy) is 4. The van der Waals surface area contributed by atoms with Crippen LogP contribution in [-0.4, -0.2) is 43.5 Å². The van der Waals surface area contributed by atoms with Gasteiger partial charge < -0.3 is 18.9 Å². The highest BCUT2D eigenvalue weighted by Crippen LogP contribution is 2.30. The molecule has 0 saturated heterocycles. The summed E-state index contributed by atoms with van der Waals surface area (Å²) in [5.74, 6) is 1.68. The molecule has 1 amide bonds. The summed E-state index contributed by atoms with van der Waals surface area (Å²) in [6.45, 7) is 2.61. The van der Waals surface area contributed by atoms with Gasteiger partial charge in [-0.1, -0.05) is 36.5 Å². The smallest absolute Gasteiger partial charge is 0.268 e. The number of anilines is 1. The number of nitriles is 1. The number of benzene rings is 2. The van der Waals surface area contributed by atoms with Gasteiger partial charge in [-0.3, -0.25) is 10.1 Å². The van der Waals surface area contributed by atoms with Crippen LogP contribution >= 0.6 is 11.3 Å². The fourth-order valence-electron chi connectivity index (χ4n) is 3.03. The van der Waals surface area contributed by atoms with Gasteiger partial charge in [0.05, 0.1) is 14.2 Å². The second-order valence-electron chi connectivity index (χ2n) is 7.13. The van der Waals surface area contributed by atoms with Gasteiger partial charge in [0.1, 0.15) is 29.9 Å². The third-order valence-electron chi connectivity index (χ3n) is 4.68. The van der Waals surface area contributed by atoms with Crippen LogP contribution in [0.5, 0.6) is 23.0 Å². The van der Waals surface area contributed by atoms with E-state index in [0.717, 1.165) is 17.8 Å². The van der Waals surface area contributed by atoms with E-state index in [0.29, 0.717) is 40.3 Å². The molecule has 182 valence electrons. The second-order valence-corrected chi connectivity index (χ2v) is 8.20. The van der Waals surface area contributed by atoms with Crippen LogP contribution in [0.1, 0.15) is 23.9 Å². The summed E-state index contributed by atoms with van der Waals surface area (Å²) in [5.41, 5.74) is 0.535. The summed E-state index contributed by atoms with van der Waals surface area (Å²) in [5, 5.41) is 21.3. The number of aromatic nitrogens is 2. The molecule has 0 fully saturated rings. The Hall–Kier alpha value is -4.10. The van der Waals surface area contributed by atoms with Gasteiger partial charge in [0.25, 0.3) is 5.91 Å². The molecule has 10 heteroatoms. The molecule has 9 nitrogen and oxygen atoms in total. The predicted molar refractivity (Wildman–Crippen MR) is 133 cm³/mol. The number of hydrogen-bond acceptors (Lipinski definition) is 9. The number of nitrogens with zero attached hydrogens (tertiary/aromatic N) is 3. The molecule has 1 N–H and O–H groups in total. The third-order valence-corrected chi connectivity index (χ3v) is 5.58. The number of hydrogen-bond donors (Lipinski definition) is 1. The van der Waals surface area contributed by atoms with Crippen LogP contribution in [0.2, 0.25) is 0 Å². The van der Waals surface area contributed by atoms with Crippen molar-refractivity contribution in [3.8, 4) is 29.1 Å². The van der Waals surface area contributed by atoms with E-state index in [1.807, 2.05) is 37.3 Å². The van der Waals surface area contributed by atoms with E-state index in [1.54, 1.807) is 25.3 Å². The van der Waals surface area contributed by atoms with Gasteiger partial charge in [0.15, 0.2) is 23.0 Å². The summed E-state index contributed by atoms with van der Waals surface area (Å²) in [6.07, 6.45) is 3.19. The molecule has 0 aliphatic rings. The first-order chi connectivity index (χ1) is 17.1. The van der Waals surface area contributed by atoms with Crippen molar-refractivity contribution in [3.05, 3.63) is 58.6 Å². The van der Waals surface area contributed by atoms with Crippen molar-refractivity contribution in [2.24, 2.45) is 0 Å². The monoisotopic (exact) mass is 494 g/mol. The van der Waals surface area contributed by atoms with Crippen molar-refractivity contribution in [1.29, 1.82) is 5.26 Å². The molecule has 3 rings (SSSR count). The zero-order valence-corrected chi connectivity index (χ0v) is 20.6. The maximum Gasteiger partial charge on any atom is 0.268 e. The molecule has 1 aromatic heterocycles. The van der Waals surface area contributed by atoms with E-state index >= 15 is 0 Å². The highest BCUT2D eigenvalue weighted by molar-refractivity contribution is 7.15. The minimum Gasteiger partial charge on any atom is -0.493 e. The van der Waals surface area contributed by atoms with E-state index < -0.39 is 5.91 Å². The summed E-state index contributed by atoms with van der Waals surface area (Å²) >= 11 is 1.29. The lowest BCUT2D eigenvalue weighted by Gasteiger charge is -2.13. The number of carbonyl (C=O) groups excluding carboxylic acids is 1. The number of nitrogens with one attached hydrogen (secondary N) is 1. The van der Waals surface area contributed by atoms with Crippen LogP contribution in [0, 0.1) is 11.3 Å². The Balaban J connectivity index is 1.62. The second kappa shape index (κ2) is 13.0. The molecule has 3 aromatic rings. The van der Waals surface area contributed by atoms with Crippen molar-refractivity contribution in [2.75, 3.05) is 32.8 Å². The molecule has 0 saturated carbocycles. The van der Waals surface area contributed by atoms with Crippen molar-refractivity contribution < 1.29 is 23.7 Å². The zero-order valence-electron chi connectivity index (χ0n) is 19.7. The molecule has 0 spiro atoms. The Morgan fingerprint density at radius 1 is 1.03 bits per heavy atom. The van der Waals surface area contributed by atoms with Crippen molar-refractivity contribution >= 4 is 28.5 Å². The average Bonchev–Trinajstić information content (AvgIpc) is 3.32. The van der Waals surface area contributed by atoms with E-state index in [9.17, 15) is 10.1 Å². The Morgan fingerprint density at radius 2 is 1.71 bits per heavy atom. The highest BCUT2D eigenvalue weighted by Gasteiger charge is 2.14. The summed E-state index contributed by atoms with van der Waals surface area (Å²) < 4.78 is 22.2. The quantitative estimate of drug-likeness (QED) is 0.222. The summed E-state index contributed by atoms with van der Waals surface area (Å²) in [6, 6.07) is 14.4. The predicted octanol–water partition coefficient (Wildman–Crippen LogP) is 4.51. The van der Waals surface area contributed by atoms with Crippen molar-refractivity contribution in [1.82, 2.24) is 10.2 Å². The zero-order chi connectivity index (χ0) is 25.0. The van der Waals surface area contributed by atoms with Crippen LogP contribution in [0.25, 0.3) is 6.08 Å². The van der Waals surface area contributed by atoms with Crippen LogP contribution in [0.4, 0.5) is 5.13 Å². The van der Waals surface area contributed by atoms with Gasteiger partial charge in [-0.25, -0.2) is 0 Å². The van der Waals surface area contributed by atoms with Gasteiger partial charge in [-0.05, 0) is 42.3 Å². The molecular formula is C25H26N4O5S. The van der Waals surface area contributed by atoms with Gasteiger partial charge in [-0.15, -0.1) is 10.2 Å². The Labute approximate surface area is 207 Å². The lowest BCUT2D eigenvalue weighted by Crippen LogP contribution is -2.13. The van der Waals surface area contributed by atoms with E-state index in [-0.39, 0.29) is 12.2 Å². The lowest BCUT2D eigenvalue weighted by molar-refractivity contribution is -0.112. The van der Waals surface area contributed by atoms with Gasteiger partial charge in [0, 0.05) is 6.42 Å². The van der Waals surface area contributed by atoms with Gasteiger partial charge >= 0.3 is 0 Å². The molecule has 35 heavy (non-hydrogen) atoms. The Morgan fingerprint density at radius 3 is 2.37 bits per heavy atom. The van der Waals surface area contributed by atoms with Crippen molar-refractivity contribution in [3.63, 3.8) is 0 Å². The number of rotatable bonds is 12. The Kier molecular flexibility index (Phi) is 9.45. The topological polar surface area (TPSA) is 116 Å². The molecule has 0 atom stereocenters. The summed E-state index contributed by atoms with van der Waals surface area (Å²) in [4.78, 5) is 12.5. The molecule has 0 bridgehead atoms. The molecule has 0 unspecified atom stereocenters. The van der Waals surface area contributed by atoms with Crippen LogP contribution in [0.3, 0.4) is 0 Å². The maximum absolute atomic E-state index is 12.5. The lowest BCUT2D eigenvalue weighted by atomic mass is 10.1. The van der Waals surface area contributed by atoms with E-state index in [2.05, 4.69) is 15.5 Å². The fraction of sp³-hybridized carbons (Fsp3) is 0.280. The largest absolute Gasteiger partial charge is 0.493 e. The number of aryl methyl sites for hydroxylation is 1. The minimum atomic E-state index is -0.556. The molecule has 0 aliphatic carbocycles. The van der Waals surface area contributed by atoms with E-state index in [4.69, 9.17) is 18.9 Å². The number of methoxy groups -OCH3 is 2. The molecule has 0 aliphatic heterocycles. The average molecular weight is 495 g/mol. The summed E-state index contributed by atoms with van der Waals surface area (Å²) in [7, 11) is 3.10. The van der Waals surface area contributed by atoms with Crippen LogP contribution < -0.4 is 24.3 Å². The maximum atomic E-state index is 12.5. The SMILES string of the molecule is CCCc1nnc(NC(=O)/C(C#N)=C\c2ccc(OCCOc3ccccc3OC)c(OC)c2)s1. The normalized spacial score (nSPS) is 10.9. The van der Waals surface area contributed by atoms with Gasteiger partial charge in [0.2, 0.25) is 5.13 Å². The first kappa shape index (κ1) is 25.5. The number of carbonyl (C=O) groups is 1. The molecule has 2 aromatic carbocycles. The fourth-order valence-corrected chi connectivity index (χ4v) is 3.87. The molecular weight excluding hydrogens is 468 g/mol. The molecule has 0 radical (unpaired) electrons.